The van der Waals surface area contributed by atoms with Crippen molar-refractivity contribution in [3.8, 4) is 0 Å². The molecule has 3 rings (SSSR count). The van der Waals surface area contributed by atoms with E-state index in [0.717, 1.165) is 14.7 Å². The van der Waals surface area contributed by atoms with Gasteiger partial charge in [0, 0.05) is 6.92 Å². The molecule has 0 atom stereocenters. The van der Waals surface area contributed by atoms with Gasteiger partial charge in [0.05, 0.1) is 10.9 Å². The fourth-order valence-electron chi connectivity index (χ4n) is 2.29. The molecule has 0 saturated heterocycles. The van der Waals surface area contributed by atoms with Crippen LogP contribution in [0.2, 0.25) is 0 Å². The molecule has 0 bridgehead atoms. The Balaban J connectivity index is 2.44. The summed E-state index contributed by atoms with van der Waals surface area (Å²) in [6.45, 7) is 5.99. The van der Waals surface area contributed by atoms with Crippen molar-refractivity contribution in [3.63, 3.8) is 0 Å². The van der Waals surface area contributed by atoms with Crippen molar-refractivity contribution in [2.75, 3.05) is 0 Å². The average molecular weight is 289 g/mol. The number of rotatable bonds is 1. The molecule has 1 heterocycles. The molecule has 0 N–H and O–H groups in total. The number of sulfone groups is 1. The third-order valence-corrected chi connectivity index (χ3v) is 7.48. The van der Waals surface area contributed by atoms with E-state index in [0.29, 0.717) is 9.79 Å². The third-order valence-electron chi connectivity index (χ3n) is 3.07. The highest BCUT2D eigenvalue weighted by molar-refractivity contribution is 8.03. The van der Waals surface area contributed by atoms with Gasteiger partial charge in [0.2, 0.25) is 9.84 Å². The van der Waals surface area contributed by atoms with Gasteiger partial charge in [-0.25, -0.2) is 8.42 Å². The zero-order valence-electron chi connectivity index (χ0n) is 10.5. The molecule has 0 aromatic heterocycles. The Labute approximate surface area is 116 Å². The molecule has 96 valence electrons. The number of allylic oxidation sites excluding steroid dienone is 1. The van der Waals surface area contributed by atoms with Crippen LogP contribution in [0.15, 0.2) is 79.6 Å². The molecule has 2 nitrogen and oxygen atoms in total. The van der Waals surface area contributed by atoms with E-state index < -0.39 is 9.84 Å². The lowest BCUT2D eigenvalue weighted by molar-refractivity contribution is 0.590. The summed E-state index contributed by atoms with van der Waals surface area (Å²) < 4.78 is 25.3. The van der Waals surface area contributed by atoms with Crippen LogP contribution in [0.3, 0.4) is 0 Å². The smallest absolute Gasteiger partial charge is 0.216 e. The SMILES string of the molecule is C=C(C)[S+]1c2ccccc2S(=O)(=O)c2ccccc21. The van der Waals surface area contributed by atoms with Gasteiger partial charge in [-0.3, -0.25) is 0 Å². The summed E-state index contributed by atoms with van der Waals surface area (Å²) >= 11 is 0. The molecule has 1 aliphatic rings. The van der Waals surface area contributed by atoms with Crippen molar-refractivity contribution in [1.29, 1.82) is 0 Å². The predicted octanol–water partition coefficient (Wildman–Crippen LogP) is 3.40. The molecule has 0 aliphatic carbocycles. The lowest BCUT2D eigenvalue weighted by atomic mass is 10.3. The molecule has 0 spiro atoms. The van der Waals surface area contributed by atoms with Gasteiger partial charge in [0.15, 0.2) is 9.79 Å². The second-order valence-electron chi connectivity index (χ2n) is 4.41. The van der Waals surface area contributed by atoms with E-state index in [4.69, 9.17) is 0 Å². The molecule has 2 aromatic rings. The summed E-state index contributed by atoms with van der Waals surface area (Å²) in [6.07, 6.45) is 0. The predicted molar refractivity (Wildman–Crippen MR) is 77.0 cm³/mol. The molecule has 0 fully saturated rings. The number of benzene rings is 2. The van der Waals surface area contributed by atoms with E-state index in [2.05, 4.69) is 6.58 Å². The zero-order chi connectivity index (χ0) is 13.6. The van der Waals surface area contributed by atoms with Crippen LogP contribution in [0, 0.1) is 0 Å². The lowest BCUT2D eigenvalue weighted by Gasteiger charge is -2.19. The van der Waals surface area contributed by atoms with E-state index in [-0.39, 0.29) is 10.9 Å². The zero-order valence-corrected chi connectivity index (χ0v) is 12.1. The van der Waals surface area contributed by atoms with Gasteiger partial charge in [0.25, 0.3) is 0 Å². The summed E-state index contributed by atoms with van der Waals surface area (Å²) in [4.78, 5) is 3.53. The van der Waals surface area contributed by atoms with E-state index in [1.807, 2.05) is 31.2 Å². The van der Waals surface area contributed by atoms with Crippen LogP contribution in [-0.4, -0.2) is 8.42 Å². The maximum Gasteiger partial charge on any atom is 0.216 e. The Kier molecular flexibility index (Phi) is 2.80. The minimum atomic E-state index is -3.40. The van der Waals surface area contributed by atoms with Crippen molar-refractivity contribution in [1.82, 2.24) is 0 Å². The third kappa shape index (κ3) is 1.75. The highest BCUT2D eigenvalue weighted by Gasteiger charge is 2.43. The number of fused-ring (bicyclic) bond motifs is 2. The summed E-state index contributed by atoms with van der Waals surface area (Å²) in [7, 11) is -3.77. The molecular formula is C15H13O2S2+. The van der Waals surface area contributed by atoms with E-state index in [1.54, 1.807) is 24.3 Å². The first-order valence-electron chi connectivity index (χ1n) is 5.86. The van der Waals surface area contributed by atoms with Gasteiger partial charge in [-0.05, 0) is 30.8 Å². The molecule has 4 heteroatoms. The van der Waals surface area contributed by atoms with Gasteiger partial charge in [-0.15, -0.1) is 0 Å². The Morgan fingerprint density at radius 3 is 1.79 bits per heavy atom. The van der Waals surface area contributed by atoms with Crippen molar-refractivity contribution >= 4 is 20.7 Å². The van der Waals surface area contributed by atoms with E-state index in [1.165, 1.54) is 0 Å². The van der Waals surface area contributed by atoms with Crippen molar-refractivity contribution < 1.29 is 8.42 Å². The molecule has 2 aromatic carbocycles. The van der Waals surface area contributed by atoms with Crippen LogP contribution in [0.1, 0.15) is 6.92 Å². The normalized spacial score (nSPS) is 16.5. The van der Waals surface area contributed by atoms with Crippen molar-refractivity contribution in [2.45, 2.75) is 26.5 Å². The largest absolute Gasteiger partial charge is 0.218 e. The fraction of sp³-hybridized carbons (Fsp3) is 0.0667. The molecule has 19 heavy (non-hydrogen) atoms. The van der Waals surface area contributed by atoms with Gasteiger partial charge in [-0.1, -0.05) is 24.3 Å². The van der Waals surface area contributed by atoms with Crippen LogP contribution < -0.4 is 0 Å². The highest BCUT2D eigenvalue weighted by atomic mass is 32.2. The quantitative estimate of drug-likeness (QED) is 0.754. The lowest BCUT2D eigenvalue weighted by Crippen LogP contribution is -2.20. The highest BCUT2D eigenvalue weighted by Crippen LogP contribution is 2.43. The molecule has 0 unspecified atom stereocenters. The topological polar surface area (TPSA) is 34.1 Å². The number of hydrogen-bond donors (Lipinski definition) is 0. The van der Waals surface area contributed by atoms with E-state index >= 15 is 0 Å². The first-order chi connectivity index (χ1) is 9.03. The Bertz CT molecular complexity index is 723. The molecular weight excluding hydrogens is 276 g/mol. The van der Waals surface area contributed by atoms with Gasteiger partial charge in [-0.2, -0.15) is 0 Å². The second-order valence-corrected chi connectivity index (χ2v) is 8.48. The maximum absolute atomic E-state index is 12.6. The van der Waals surface area contributed by atoms with Gasteiger partial charge in [0.1, 0.15) is 14.7 Å². The minimum Gasteiger partial charge on any atom is -0.218 e. The summed E-state index contributed by atoms with van der Waals surface area (Å²) in [5, 5.41) is 0. The fourth-order valence-corrected chi connectivity index (χ4v) is 6.83. The standard InChI is InChI=1S/C15H13O2S2/c1-11(2)18-12-7-3-5-9-14(12)19(16,17)15-10-6-4-8-13(15)18/h3-10H,1H2,2H3/q+1. The van der Waals surface area contributed by atoms with Gasteiger partial charge >= 0.3 is 0 Å². The Hall–Kier alpha value is -1.52. The van der Waals surface area contributed by atoms with E-state index in [9.17, 15) is 8.42 Å². The van der Waals surface area contributed by atoms with Crippen LogP contribution in [0.5, 0.6) is 0 Å². The molecule has 0 amide bonds. The first kappa shape index (κ1) is 12.5. The van der Waals surface area contributed by atoms with Gasteiger partial charge < -0.3 is 0 Å². The minimum absolute atomic E-state index is 0.366. The van der Waals surface area contributed by atoms with Crippen LogP contribution in [0.4, 0.5) is 0 Å². The number of hydrogen-bond acceptors (Lipinski definition) is 2. The summed E-state index contributed by atoms with van der Waals surface area (Å²) in [5.74, 6) is 0. The maximum atomic E-state index is 12.6. The molecule has 0 saturated carbocycles. The van der Waals surface area contributed by atoms with Crippen LogP contribution in [-0.2, 0) is 20.7 Å². The Morgan fingerprint density at radius 1 is 0.947 bits per heavy atom. The van der Waals surface area contributed by atoms with Crippen LogP contribution in [0.25, 0.3) is 0 Å². The van der Waals surface area contributed by atoms with Crippen molar-refractivity contribution in [3.05, 3.63) is 60.0 Å². The second kappa shape index (κ2) is 4.25. The summed E-state index contributed by atoms with van der Waals surface area (Å²) in [6, 6.07) is 14.4. The first-order valence-corrected chi connectivity index (χ1v) is 8.57. The average Bonchev–Trinajstić information content (AvgIpc) is 2.39. The molecule has 1 aliphatic heterocycles. The monoisotopic (exact) mass is 289 g/mol. The molecule has 0 radical (unpaired) electrons. The van der Waals surface area contributed by atoms with Crippen LogP contribution >= 0.6 is 0 Å². The summed E-state index contributed by atoms with van der Waals surface area (Å²) in [5.41, 5.74) is 0. The van der Waals surface area contributed by atoms with Crippen molar-refractivity contribution in [2.24, 2.45) is 0 Å². The Morgan fingerprint density at radius 2 is 1.37 bits per heavy atom.